The summed E-state index contributed by atoms with van der Waals surface area (Å²) in [5, 5.41) is 0. The first kappa shape index (κ1) is 18.1. The third-order valence-corrected chi connectivity index (χ3v) is 5.23. The lowest BCUT2D eigenvalue weighted by atomic mass is 9.96. The molecule has 2 aromatic rings. The molecule has 0 saturated heterocycles. The van der Waals surface area contributed by atoms with E-state index in [2.05, 4.69) is 0 Å². The molecule has 1 atom stereocenters. The highest BCUT2D eigenvalue weighted by atomic mass is 16.5. The molecule has 0 radical (unpaired) electrons. The summed E-state index contributed by atoms with van der Waals surface area (Å²) in [7, 11) is 0. The van der Waals surface area contributed by atoms with Crippen molar-refractivity contribution >= 4 is 29.3 Å². The van der Waals surface area contributed by atoms with Crippen molar-refractivity contribution in [2.45, 2.75) is 38.7 Å². The van der Waals surface area contributed by atoms with Crippen LogP contribution in [0.3, 0.4) is 0 Å². The van der Waals surface area contributed by atoms with Crippen molar-refractivity contribution in [2.75, 3.05) is 4.90 Å². The number of imide groups is 1. The van der Waals surface area contributed by atoms with Crippen LogP contribution in [0.25, 0.3) is 0 Å². The minimum absolute atomic E-state index is 0.0715. The SMILES string of the molecule is Cc1ccccc1N1C(=O)c2ccc(C(=O)O[C@@H]3CCCCC3=O)cc2C1=O. The van der Waals surface area contributed by atoms with Gasteiger partial charge in [-0.2, -0.15) is 0 Å². The number of ketones is 1. The lowest BCUT2D eigenvalue weighted by Gasteiger charge is -2.20. The Morgan fingerprint density at radius 3 is 2.50 bits per heavy atom. The molecule has 6 nitrogen and oxygen atoms in total. The Kier molecular flexibility index (Phi) is 4.55. The van der Waals surface area contributed by atoms with E-state index in [4.69, 9.17) is 4.74 Å². The van der Waals surface area contributed by atoms with Crippen LogP contribution in [0.4, 0.5) is 5.69 Å². The van der Waals surface area contributed by atoms with Crippen LogP contribution in [0, 0.1) is 6.92 Å². The van der Waals surface area contributed by atoms with Crippen molar-refractivity contribution in [3.63, 3.8) is 0 Å². The number of Topliss-reactive ketones (excluding diaryl/α,β-unsaturated/α-hetero) is 1. The monoisotopic (exact) mass is 377 g/mol. The van der Waals surface area contributed by atoms with Crippen molar-refractivity contribution in [3.05, 3.63) is 64.7 Å². The number of hydrogen-bond donors (Lipinski definition) is 0. The van der Waals surface area contributed by atoms with Gasteiger partial charge in [0.15, 0.2) is 11.9 Å². The van der Waals surface area contributed by atoms with Gasteiger partial charge in [-0.15, -0.1) is 0 Å². The number of aryl methyl sites for hydroxylation is 1. The standard InChI is InChI=1S/C22H19NO5/c1-13-6-2-3-7-17(13)23-20(25)15-11-10-14(12-16(15)21(23)26)22(27)28-19-9-5-4-8-18(19)24/h2-3,6-7,10-12,19H,4-5,8-9H2,1H3/t19-/m1/s1. The van der Waals surface area contributed by atoms with Gasteiger partial charge in [0.1, 0.15) is 0 Å². The molecular weight excluding hydrogens is 358 g/mol. The quantitative estimate of drug-likeness (QED) is 0.604. The maximum absolute atomic E-state index is 12.9. The van der Waals surface area contributed by atoms with E-state index < -0.39 is 23.9 Å². The summed E-state index contributed by atoms with van der Waals surface area (Å²) in [4.78, 5) is 51.1. The normalized spacial score (nSPS) is 19.0. The fourth-order valence-corrected chi connectivity index (χ4v) is 3.67. The minimum Gasteiger partial charge on any atom is -0.451 e. The number of benzene rings is 2. The number of para-hydroxylation sites is 1. The fraction of sp³-hybridized carbons (Fsp3) is 0.273. The summed E-state index contributed by atoms with van der Waals surface area (Å²) >= 11 is 0. The van der Waals surface area contributed by atoms with E-state index in [0.717, 1.165) is 23.3 Å². The molecule has 2 amide bonds. The topological polar surface area (TPSA) is 80.8 Å². The number of amides is 2. The van der Waals surface area contributed by atoms with Crippen molar-refractivity contribution < 1.29 is 23.9 Å². The number of rotatable bonds is 3. The van der Waals surface area contributed by atoms with Gasteiger partial charge in [-0.1, -0.05) is 18.2 Å². The second-order valence-electron chi connectivity index (χ2n) is 7.10. The predicted molar refractivity (Wildman–Crippen MR) is 101 cm³/mol. The van der Waals surface area contributed by atoms with Crippen LogP contribution >= 0.6 is 0 Å². The van der Waals surface area contributed by atoms with Gasteiger partial charge in [0.05, 0.1) is 22.4 Å². The Hall–Kier alpha value is -3.28. The van der Waals surface area contributed by atoms with Crippen molar-refractivity contribution in [1.82, 2.24) is 0 Å². The highest BCUT2D eigenvalue weighted by Gasteiger charge is 2.38. The smallest absolute Gasteiger partial charge is 0.338 e. The van der Waals surface area contributed by atoms with Gasteiger partial charge in [-0.25, -0.2) is 9.69 Å². The number of carbonyl (C=O) groups is 4. The molecule has 1 aliphatic carbocycles. The molecule has 0 spiro atoms. The number of anilines is 1. The Balaban J connectivity index is 1.61. The van der Waals surface area contributed by atoms with Crippen LogP contribution < -0.4 is 4.90 Å². The molecule has 1 saturated carbocycles. The Bertz CT molecular complexity index is 1010. The molecule has 1 heterocycles. The van der Waals surface area contributed by atoms with Crippen LogP contribution in [-0.4, -0.2) is 29.7 Å². The van der Waals surface area contributed by atoms with E-state index >= 15 is 0 Å². The van der Waals surface area contributed by atoms with Crippen LogP contribution in [0.15, 0.2) is 42.5 Å². The lowest BCUT2D eigenvalue weighted by molar-refractivity contribution is -0.129. The third kappa shape index (κ3) is 3.01. The van der Waals surface area contributed by atoms with Crippen molar-refractivity contribution in [2.24, 2.45) is 0 Å². The number of hydrogen-bond acceptors (Lipinski definition) is 5. The number of carbonyl (C=O) groups excluding carboxylic acids is 4. The van der Waals surface area contributed by atoms with Gasteiger partial charge in [-0.3, -0.25) is 14.4 Å². The second kappa shape index (κ2) is 7.03. The van der Waals surface area contributed by atoms with Crippen molar-refractivity contribution in [3.8, 4) is 0 Å². The molecular formula is C22H19NO5. The summed E-state index contributed by atoms with van der Waals surface area (Å²) in [6, 6.07) is 11.4. The highest BCUT2D eigenvalue weighted by Crippen LogP contribution is 2.31. The number of esters is 1. The van der Waals surface area contributed by atoms with Gasteiger partial charge in [-0.05, 0) is 56.0 Å². The van der Waals surface area contributed by atoms with Gasteiger partial charge in [0, 0.05) is 6.42 Å². The maximum atomic E-state index is 12.9. The molecule has 6 heteroatoms. The molecule has 0 unspecified atom stereocenters. The van der Waals surface area contributed by atoms with Gasteiger partial charge >= 0.3 is 5.97 Å². The first-order chi connectivity index (χ1) is 13.5. The zero-order valence-corrected chi connectivity index (χ0v) is 15.4. The predicted octanol–water partition coefficient (Wildman–Crippen LogP) is 3.46. The van der Waals surface area contributed by atoms with Gasteiger partial charge in [0.25, 0.3) is 11.8 Å². The van der Waals surface area contributed by atoms with Gasteiger partial charge in [0.2, 0.25) is 0 Å². The van der Waals surface area contributed by atoms with Crippen LogP contribution in [0.2, 0.25) is 0 Å². The van der Waals surface area contributed by atoms with Crippen LogP contribution in [0.1, 0.15) is 62.3 Å². The zero-order chi connectivity index (χ0) is 19.8. The first-order valence-electron chi connectivity index (χ1n) is 9.29. The molecule has 28 heavy (non-hydrogen) atoms. The Morgan fingerprint density at radius 2 is 1.75 bits per heavy atom. The summed E-state index contributed by atoms with van der Waals surface area (Å²) < 4.78 is 5.34. The second-order valence-corrected chi connectivity index (χ2v) is 7.10. The fourth-order valence-electron chi connectivity index (χ4n) is 3.67. The van der Waals surface area contributed by atoms with Gasteiger partial charge < -0.3 is 4.74 Å². The zero-order valence-electron chi connectivity index (χ0n) is 15.4. The Morgan fingerprint density at radius 1 is 1.00 bits per heavy atom. The number of nitrogens with zero attached hydrogens (tertiary/aromatic N) is 1. The average molecular weight is 377 g/mol. The van der Waals surface area contributed by atoms with E-state index in [1.165, 1.54) is 18.2 Å². The molecule has 0 N–H and O–H groups in total. The molecule has 0 aromatic heterocycles. The van der Waals surface area contributed by atoms with E-state index in [0.29, 0.717) is 18.5 Å². The lowest BCUT2D eigenvalue weighted by Crippen LogP contribution is -2.30. The van der Waals surface area contributed by atoms with Crippen LogP contribution in [-0.2, 0) is 9.53 Å². The summed E-state index contributed by atoms with van der Waals surface area (Å²) in [5.74, 6) is -1.62. The van der Waals surface area contributed by atoms with Crippen LogP contribution in [0.5, 0.6) is 0 Å². The molecule has 0 bridgehead atoms. The molecule has 142 valence electrons. The van der Waals surface area contributed by atoms with E-state index in [-0.39, 0.29) is 22.5 Å². The highest BCUT2D eigenvalue weighted by molar-refractivity contribution is 6.34. The average Bonchev–Trinajstić information content (AvgIpc) is 2.94. The summed E-state index contributed by atoms with van der Waals surface area (Å²) in [6.45, 7) is 1.82. The van der Waals surface area contributed by atoms with E-state index in [1.807, 2.05) is 19.1 Å². The molecule has 2 aromatic carbocycles. The molecule has 2 aliphatic rings. The summed E-state index contributed by atoms with van der Waals surface area (Å²) in [5.41, 5.74) is 1.89. The molecule has 4 rings (SSSR count). The van der Waals surface area contributed by atoms with E-state index in [1.54, 1.807) is 12.1 Å². The summed E-state index contributed by atoms with van der Waals surface area (Å²) in [6.07, 6.45) is 1.87. The largest absolute Gasteiger partial charge is 0.451 e. The van der Waals surface area contributed by atoms with E-state index in [9.17, 15) is 19.2 Å². The Labute approximate surface area is 162 Å². The first-order valence-corrected chi connectivity index (χ1v) is 9.29. The maximum Gasteiger partial charge on any atom is 0.338 e. The molecule has 1 aliphatic heterocycles. The minimum atomic E-state index is -0.727. The van der Waals surface area contributed by atoms with Crippen molar-refractivity contribution in [1.29, 1.82) is 0 Å². The third-order valence-electron chi connectivity index (χ3n) is 5.23. The number of ether oxygens (including phenoxy) is 1. The number of fused-ring (bicyclic) bond motifs is 1. The molecule has 1 fully saturated rings.